The van der Waals surface area contributed by atoms with E-state index in [0.29, 0.717) is 0 Å². The van der Waals surface area contributed by atoms with Crippen molar-refractivity contribution in [3.05, 3.63) is 28.8 Å². The third kappa shape index (κ3) is 43.6. The predicted molar refractivity (Wildman–Crippen MR) is 226 cm³/mol. The van der Waals surface area contributed by atoms with Gasteiger partial charge in [-0.2, -0.15) is 8.42 Å². The number of benzene rings is 1. The first-order valence-corrected chi connectivity index (χ1v) is 26.9. The van der Waals surface area contributed by atoms with Crippen LogP contribution in [0.3, 0.4) is 0 Å². The van der Waals surface area contributed by atoms with Gasteiger partial charge in [-0.15, -0.1) is 0 Å². The van der Waals surface area contributed by atoms with Gasteiger partial charge in [0, 0.05) is 6.10 Å². The molecule has 1 rings (SSSR count). The molecule has 4 N–H and O–H groups in total. The van der Waals surface area contributed by atoms with Crippen molar-refractivity contribution in [1.29, 1.82) is 0 Å². The number of aliphatic hydroxyl groups is 1. The molecule has 8 nitrogen and oxygen atoms in total. The zero-order valence-electron chi connectivity index (χ0n) is 36.9. The van der Waals surface area contributed by atoms with Gasteiger partial charge in [-0.05, 0) is 75.1 Å². The maximum absolute atomic E-state index is 12.5. The summed E-state index contributed by atoms with van der Waals surface area (Å²) in [6, 6.07) is 3.75. The monoisotopic (exact) mass is 885 g/mol. The molecule has 0 fully saturated rings. The Kier molecular flexibility index (Phi) is 49.7. The van der Waals surface area contributed by atoms with E-state index < -0.39 is 28.7 Å². The van der Waals surface area contributed by atoms with Gasteiger partial charge in [0.2, 0.25) is 0 Å². The quantitative estimate of drug-likeness (QED) is 0.0304. The van der Waals surface area contributed by atoms with Crippen molar-refractivity contribution in [2.45, 2.75) is 258 Å². The van der Waals surface area contributed by atoms with Crippen LogP contribution in [0.25, 0.3) is 0 Å². The predicted octanol–water partition coefficient (Wildman–Crippen LogP) is 13.4. The molecule has 0 unspecified atom stereocenters. The van der Waals surface area contributed by atoms with Gasteiger partial charge in [0.05, 0.1) is 4.90 Å². The molecular formula is C45H88O8STi2. The summed E-state index contributed by atoms with van der Waals surface area (Å²) in [7, 11) is -4.23. The van der Waals surface area contributed by atoms with Crippen molar-refractivity contribution in [2.75, 3.05) is 0 Å². The zero-order valence-corrected chi connectivity index (χ0v) is 40.8. The van der Waals surface area contributed by atoms with E-state index in [4.69, 9.17) is 19.1 Å². The van der Waals surface area contributed by atoms with Crippen LogP contribution in [0.2, 0.25) is 0 Å². The first-order chi connectivity index (χ1) is 26.9. The van der Waals surface area contributed by atoms with E-state index in [1.165, 1.54) is 184 Å². The van der Waals surface area contributed by atoms with E-state index in [0.717, 1.165) is 64.5 Å². The molecule has 0 spiro atoms. The van der Waals surface area contributed by atoms with Crippen molar-refractivity contribution < 1.29 is 71.1 Å². The van der Waals surface area contributed by atoms with Gasteiger partial charge in [-0.25, -0.2) is 0 Å². The molecule has 0 aliphatic rings. The first-order valence-electron chi connectivity index (χ1n) is 22.8. The van der Waals surface area contributed by atoms with Crippen LogP contribution in [-0.4, -0.2) is 31.6 Å². The summed E-state index contributed by atoms with van der Waals surface area (Å²) in [6.07, 6.45) is 41.6. The standard InChI is InChI=1S/C42H78O3S.C3H8O.2H2O.2O.2Ti/c1-4-7-10-13-16-19-22-25-28-31-34-39-37-38-42(46(43,44)45)41(36-33-30-27-24-21-18-15-12-9-6-3)40(39)35-32-29-26-23-20-17-14-11-8-5-2;1-3(2)4;;;;;;/h37-38H,4-36H2,1-3H3,(H,43,44,45);3-4H,1-2H3;2*1H2;;;;/q;;;;;;;+2/p-2. The first kappa shape index (κ1) is 60.3. The topological polar surface area (TPSA) is 149 Å². The summed E-state index contributed by atoms with van der Waals surface area (Å²) in [5.74, 6) is 0. The van der Waals surface area contributed by atoms with E-state index in [-0.39, 0.29) is 11.0 Å². The summed E-state index contributed by atoms with van der Waals surface area (Å²) >= 11 is -2.83. The molecular weight excluding hydrogens is 796 g/mol. The number of aryl methyl sites for hydroxylation is 1. The van der Waals surface area contributed by atoms with E-state index in [2.05, 4.69) is 20.8 Å². The number of unbranched alkanes of at least 4 members (excludes halogenated alkanes) is 27. The molecule has 0 aliphatic carbocycles. The van der Waals surface area contributed by atoms with Crippen LogP contribution in [0.15, 0.2) is 17.0 Å². The summed E-state index contributed by atoms with van der Waals surface area (Å²) in [5, 5.41) is 8.06. The molecule has 0 heterocycles. The van der Waals surface area contributed by atoms with Crippen LogP contribution >= 0.6 is 0 Å². The number of hydrogen-bond donors (Lipinski definition) is 4. The molecule has 0 bridgehead atoms. The molecule has 0 aliphatic heterocycles. The van der Waals surface area contributed by atoms with Gasteiger partial charge in [-0.1, -0.05) is 200 Å². The molecule has 0 radical (unpaired) electrons. The third-order valence-electron chi connectivity index (χ3n) is 10.1. The Labute approximate surface area is 365 Å². The molecule has 1 aromatic carbocycles. The molecule has 0 aromatic heterocycles. The zero-order chi connectivity index (χ0) is 42.7. The molecule has 11 heteroatoms. The van der Waals surface area contributed by atoms with E-state index in [9.17, 15) is 13.0 Å². The van der Waals surface area contributed by atoms with Crippen molar-refractivity contribution in [2.24, 2.45) is 0 Å². The Morgan fingerprint density at radius 2 is 0.732 bits per heavy atom. The summed E-state index contributed by atoms with van der Waals surface area (Å²) in [5.41, 5.74) is 3.52. The molecule has 0 saturated carbocycles. The second kappa shape index (κ2) is 46.1. The van der Waals surface area contributed by atoms with E-state index >= 15 is 0 Å². The minimum atomic E-state index is -4.23. The van der Waals surface area contributed by atoms with E-state index in [1.54, 1.807) is 19.9 Å². The molecule has 0 saturated heterocycles. The Morgan fingerprint density at radius 1 is 0.500 bits per heavy atom. The molecule has 56 heavy (non-hydrogen) atoms. The number of hydrogen-bond acceptors (Lipinski definition) is 5. The Bertz CT molecular complexity index is 1100. The van der Waals surface area contributed by atoms with E-state index in [1.807, 2.05) is 6.07 Å². The van der Waals surface area contributed by atoms with Gasteiger partial charge < -0.3 is 5.11 Å². The fraction of sp³-hybridized carbons (Fsp3) is 0.867. The second-order valence-corrected chi connectivity index (χ2v) is 18.1. The van der Waals surface area contributed by atoms with Gasteiger partial charge in [0.15, 0.2) is 0 Å². The summed E-state index contributed by atoms with van der Waals surface area (Å²) < 4.78 is 66.8. The average Bonchev–Trinajstić information content (AvgIpc) is 3.14. The summed E-state index contributed by atoms with van der Waals surface area (Å²) in [4.78, 5) is 0.178. The Hall–Kier alpha value is 0.0386. The van der Waals surface area contributed by atoms with Crippen LogP contribution in [0.5, 0.6) is 0 Å². The Balaban J connectivity index is -0.00000251. The van der Waals surface area contributed by atoms with Crippen molar-refractivity contribution in [3.8, 4) is 0 Å². The molecule has 0 atom stereocenters. The number of aliphatic hydroxyl groups excluding tert-OH is 1. The molecule has 1 aromatic rings. The SMILES string of the molecule is CC(C)O.CCCCCCCCCCCCc1ccc(S(=O)(=O)O)c(CCCCCCCCCCCC)c1CCCCCCCCCCCC.[O]=[Ti].[O]=[Ti]([OH])[OH]. The van der Waals surface area contributed by atoms with Crippen molar-refractivity contribution in [3.63, 3.8) is 0 Å². The van der Waals surface area contributed by atoms with Gasteiger partial charge in [0.1, 0.15) is 0 Å². The van der Waals surface area contributed by atoms with Gasteiger partial charge in [0.25, 0.3) is 10.1 Å². The molecule has 0 amide bonds. The minimum absolute atomic E-state index is 0.167. The van der Waals surface area contributed by atoms with Crippen LogP contribution < -0.4 is 0 Å². The fourth-order valence-corrected chi connectivity index (χ4v) is 7.94. The van der Waals surface area contributed by atoms with Crippen molar-refractivity contribution in [1.82, 2.24) is 0 Å². The third-order valence-corrected chi connectivity index (χ3v) is 11.1. The van der Waals surface area contributed by atoms with Gasteiger partial charge >= 0.3 is 53.0 Å². The maximum atomic E-state index is 12.5. The average molecular weight is 885 g/mol. The van der Waals surface area contributed by atoms with Crippen LogP contribution in [0, 0.1) is 0 Å². The molecule has 330 valence electrons. The summed E-state index contributed by atoms with van der Waals surface area (Å²) in [6.45, 7) is 10.3. The van der Waals surface area contributed by atoms with Crippen LogP contribution in [-0.2, 0) is 75.1 Å². The Morgan fingerprint density at radius 3 is 1.00 bits per heavy atom. The van der Waals surface area contributed by atoms with Gasteiger partial charge in [-0.3, -0.25) is 4.55 Å². The van der Waals surface area contributed by atoms with Crippen molar-refractivity contribution >= 4 is 10.1 Å². The number of rotatable bonds is 34. The van der Waals surface area contributed by atoms with Crippen LogP contribution in [0.4, 0.5) is 0 Å². The second-order valence-electron chi connectivity index (χ2n) is 15.8. The van der Waals surface area contributed by atoms with Crippen LogP contribution in [0.1, 0.15) is 244 Å². The normalized spacial score (nSPS) is 10.9. The fourth-order valence-electron chi connectivity index (χ4n) is 7.16.